The van der Waals surface area contributed by atoms with Gasteiger partial charge in [0.25, 0.3) is 0 Å². The molecule has 1 heterocycles. The molecule has 1 aromatic rings. The topological polar surface area (TPSA) is 46.3 Å². The van der Waals surface area contributed by atoms with Crippen LogP contribution in [0.5, 0.6) is 0 Å². The van der Waals surface area contributed by atoms with Gasteiger partial charge < -0.3 is 10.6 Å². The lowest BCUT2D eigenvalue weighted by atomic mass is 9.92. The zero-order valence-corrected chi connectivity index (χ0v) is 12.0. The molecule has 0 spiro atoms. The van der Waals surface area contributed by atoms with Crippen molar-refractivity contribution in [3.63, 3.8) is 0 Å². The highest BCUT2D eigenvalue weighted by Crippen LogP contribution is 2.22. The van der Waals surface area contributed by atoms with Gasteiger partial charge >= 0.3 is 0 Å². The van der Waals surface area contributed by atoms with Gasteiger partial charge in [-0.25, -0.2) is 4.39 Å². The number of piperidine rings is 1. The molecule has 4 heteroatoms. The van der Waals surface area contributed by atoms with Crippen molar-refractivity contribution in [2.24, 2.45) is 11.7 Å². The van der Waals surface area contributed by atoms with Gasteiger partial charge in [0.05, 0.1) is 0 Å². The van der Waals surface area contributed by atoms with E-state index in [1.165, 1.54) is 12.1 Å². The molecule has 2 N–H and O–H groups in total. The van der Waals surface area contributed by atoms with Crippen LogP contribution < -0.4 is 5.73 Å². The van der Waals surface area contributed by atoms with Crippen molar-refractivity contribution in [2.45, 2.75) is 38.6 Å². The maximum Gasteiger partial charge on any atom is 0.223 e. The normalized spacial score (nSPS) is 22.9. The minimum Gasteiger partial charge on any atom is -0.338 e. The number of aryl methyl sites for hydroxylation is 1. The van der Waals surface area contributed by atoms with Gasteiger partial charge in [0.1, 0.15) is 5.82 Å². The molecular weight excluding hydrogens is 255 g/mol. The molecule has 0 aromatic heterocycles. The van der Waals surface area contributed by atoms with Crippen LogP contribution in [0, 0.1) is 11.7 Å². The quantitative estimate of drug-likeness (QED) is 0.919. The number of halogens is 1. The second-order valence-electron chi connectivity index (χ2n) is 5.73. The fourth-order valence-corrected chi connectivity index (χ4v) is 2.85. The first-order valence-electron chi connectivity index (χ1n) is 7.34. The molecule has 3 nitrogen and oxygen atoms in total. The summed E-state index contributed by atoms with van der Waals surface area (Å²) in [6, 6.07) is 6.53. The highest BCUT2D eigenvalue weighted by molar-refractivity contribution is 5.77. The average molecular weight is 278 g/mol. The summed E-state index contributed by atoms with van der Waals surface area (Å²) >= 11 is 0. The predicted octanol–water partition coefficient (Wildman–Crippen LogP) is 2.34. The van der Waals surface area contributed by atoms with Gasteiger partial charge in [0.2, 0.25) is 5.91 Å². The number of likely N-dealkylation sites (tertiary alicyclic amines) is 1. The number of benzene rings is 1. The fourth-order valence-electron chi connectivity index (χ4n) is 2.85. The van der Waals surface area contributed by atoms with Crippen molar-refractivity contribution in [1.29, 1.82) is 0 Å². The number of nitrogens with zero attached hydrogens (tertiary/aromatic N) is 1. The van der Waals surface area contributed by atoms with E-state index in [0.717, 1.165) is 24.9 Å². The third kappa shape index (κ3) is 3.79. The lowest BCUT2D eigenvalue weighted by Gasteiger charge is -2.38. The summed E-state index contributed by atoms with van der Waals surface area (Å²) in [6.07, 6.45) is 3.18. The Bertz CT molecular complexity index is 446. The van der Waals surface area contributed by atoms with Crippen molar-refractivity contribution < 1.29 is 9.18 Å². The Balaban J connectivity index is 1.89. The zero-order valence-electron chi connectivity index (χ0n) is 12.0. The Kier molecular flexibility index (Phi) is 5.12. The van der Waals surface area contributed by atoms with E-state index < -0.39 is 0 Å². The summed E-state index contributed by atoms with van der Waals surface area (Å²) < 4.78 is 12.8. The Morgan fingerprint density at radius 3 is 2.75 bits per heavy atom. The first kappa shape index (κ1) is 15.0. The van der Waals surface area contributed by atoms with Crippen LogP contribution in [-0.2, 0) is 11.2 Å². The Morgan fingerprint density at radius 1 is 1.40 bits per heavy atom. The largest absolute Gasteiger partial charge is 0.338 e. The summed E-state index contributed by atoms with van der Waals surface area (Å²) in [5.41, 5.74) is 6.78. The summed E-state index contributed by atoms with van der Waals surface area (Å²) in [4.78, 5) is 14.2. The van der Waals surface area contributed by atoms with Gasteiger partial charge in [-0.3, -0.25) is 4.79 Å². The molecule has 2 rings (SSSR count). The number of nitrogens with two attached hydrogens (primary N) is 1. The van der Waals surface area contributed by atoms with Crippen LogP contribution in [-0.4, -0.2) is 29.9 Å². The second kappa shape index (κ2) is 6.84. The molecule has 1 aromatic carbocycles. The number of carbonyl (C=O) groups is 1. The van der Waals surface area contributed by atoms with Gasteiger partial charge in [-0.1, -0.05) is 19.1 Å². The standard InChI is InChI=1S/C16H23FN2O/c1-12-8-9-19(15(10-12)11-18)16(20)7-4-13-2-5-14(17)6-3-13/h2-3,5-6,12,15H,4,7-11,18H2,1H3. The first-order chi connectivity index (χ1) is 9.60. The molecule has 1 fully saturated rings. The lowest BCUT2D eigenvalue weighted by molar-refractivity contribution is -0.135. The molecule has 1 saturated heterocycles. The van der Waals surface area contributed by atoms with E-state index in [0.29, 0.717) is 25.3 Å². The molecule has 2 unspecified atom stereocenters. The van der Waals surface area contributed by atoms with Crippen LogP contribution in [0.25, 0.3) is 0 Å². The average Bonchev–Trinajstić information content (AvgIpc) is 2.46. The Morgan fingerprint density at radius 2 is 2.10 bits per heavy atom. The number of amides is 1. The van der Waals surface area contributed by atoms with Crippen LogP contribution in [0.15, 0.2) is 24.3 Å². The van der Waals surface area contributed by atoms with Gasteiger partial charge in [-0.2, -0.15) is 0 Å². The van der Waals surface area contributed by atoms with Crippen LogP contribution >= 0.6 is 0 Å². The number of hydrogen-bond acceptors (Lipinski definition) is 2. The van der Waals surface area contributed by atoms with Crippen molar-refractivity contribution in [3.8, 4) is 0 Å². The van der Waals surface area contributed by atoms with Crippen LogP contribution in [0.3, 0.4) is 0 Å². The number of hydrogen-bond donors (Lipinski definition) is 1. The monoisotopic (exact) mass is 278 g/mol. The van der Waals surface area contributed by atoms with Gasteiger partial charge in [-0.15, -0.1) is 0 Å². The number of carbonyl (C=O) groups excluding carboxylic acids is 1. The van der Waals surface area contributed by atoms with E-state index in [-0.39, 0.29) is 17.8 Å². The summed E-state index contributed by atoms with van der Waals surface area (Å²) in [7, 11) is 0. The minimum absolute atomic E-state index is 0.164. The summed E-state index contributed by atoms with van der Waals surface area (Å²) in [6.45, 7) is 3.56. The van der Waals surface area contributed by atoms with Crippen molar-refractivity contribution in [3.05, 3.63) is 35.6 Å². The van der Waals surface area contributed by atoms with Crippen molar-refractivity contribution in [2.75, 3.05) is 13.1 Å². The fraction of sp³-hybridized carbons (Fsp3) is 0.562. The summed E-state index contributed by atoms with van der Waals surface area (Å²) in [5.74, 6) is 0.565. The Labute approximate surface area is 120 Å². The van der Waals surface area contributed by atoms with Gasteiger partial charge in [0, 0.05) is 25.6 Å². The molecule has 1 aliphatic heterocycles. The summed E-state index contributed by atoms with van der Waals surface area (Å²) in [5, 5.41) is 0. The highest BCUT2D eigenvalue weighted by atomic mass is 19.1. The van der Waals surface area contributed by atoms with E-state index in [9.17, 15) is 9.18 Å². The van der Waals surface area contributed by atoms with E-state index in [1.807, 2.05) is 4.90 Å². The van der Waals surface area contributed by atoms with E-state index in [4.69, 9.17) is 5.73 Å². The predicted molar refractivity (Wildman–Crippen MR) is 77.7 cm³/mol. The minimum atomic E-state index is -0.242. The molecule has 0 radical (unpaired) electrons. The molecule has 20 heavy (non-hydrogen) atoms. The molecule has 110 valence electrons. The van der Waals surface area contributed by atoms with Crippen molar-refractivity contribution >= 4 is 5.91 Å². The van der Waals surface area contributed by atoms with Crippen LogP contribution in [0.4, 0.5) is 4.39 Å². The second-order valence-corrected chi connectivity index (χ2v) is 5.73. The molecule has 0 saturated carbocycles. The van der Waals surface area contributed by atoms with Crippen LogP contribution in [0.2, 0.25) is 0 Å². The van der Waals surface area contributed by atoms with Crippen LogP contribution in [0.1, 0.15) is 31.7 Å². The first-order valence-corrected chi connectivity index (χ1v) is 7.34. The SMILES string of the molecule is CC1CCN(C(=O)CCc2ccc(F)cc2)C(CN)C1. The third-order valence-electron chi connectivity index (χ3n) is 4.11. The lowest BCUT2D eigenvalue weighted by Crippen LogP contribution is -2.49. The number of rotatable bonds is 4. The van der Waals surface area contributed by atoms with E-state index in [1.54, 1.807) is 12.1 Å². The zero-order chi connectivity index (χ0) is 14.5. The molecule has 1 aliphatic rings. The maximum absolute atomic E-state index is 12.8. The molecule has 2 atom stereocenters. The molecule has 0 bridgehead atoms. The van der Waals surface area contributed by atoms with Crippen molar-refractivity contribution in [1.82, 2.24) is 4.90 Å². The molecule has 0 aliphatic carbocycles. The highest BCUT2D eigenvalue weighted by Gasteiger charge is 2.28. The van der Waals surface area contributed by atoms with E-state index >= 15 is 0 Å². The molecular formula is C16H23FN2O. The molecule has 1 amide bonds. The maximum atomic E-state index is 12.8. The smallest absolute Gasteiger partial charge is 0.223 e. The Hall–Kier alpha value is -1.42. The van der Waals surface area contributed by atoms with Gasteiger partial charge in [0.15, 0.2) is 0 Å². The third-order valence-corrected chi connectivity index (χ3v) is 4.11. The van der Waals surface area contributed by atoms with Gasteiger partial charge in [-0.05, 0) is 42.9 Å². The van der Waals surface area contributed by atoms with E-state index in [2.05, 4.69) is 6.92 Å².